The zero-order valence-corrected chi connectivity index (χ0v) is 7.81. The van der Waals surface area contributed by atoms with Crippen LogP contribution in [-0.2, 0) is 19.1 Å². The van der Waals surface area contributed by atoms with Crippen molar-refractivity contribution in [3.63, 3.8) is 0 Å². The quantitative estimate of drug-likeness (QED) is 0.573. The number of nitrogens with one attached hydrogen (secondary N) is 1. The normalized spacial score (nSPS) is 39.3. The van der Waals surface area contributed by atoms with Gasteiger partial charge in [0.15, 0.2) is 17.9 Å². The summed E-state index contributed by atoms with van der Waals surface area (Å²) in [5.74, 6) is -2.42. The van der Waals surface area contributed by atoms with Crippen molar-refractivity contribution >= 4 is 11.9 Å². The summed E-state index contributed by atoms with van der Waals surface area (Å²) in [5, 5.41) is 11.1. The number of amides is 1. The van der Waals surface area contributed by atoms with Crippen LogP contribution in [0.25, 0.3) is 0 Å². The van der Waals surface area contributed by atoms with Gasteiger partial charge in [-0.1, -0.05) is 0 Å². The maximum atomic E-state index is 11.3. The summed E-state index contributed by atoms with van der Waals surface area (Å²) >= 11 is 0. The second-order valence-corrected chi connectivity index (χ2v) is 3.85. The molecule has 0 aromatic heterocycles. The van der Waals surface area contributed by atoms with Crippen LogP contribution in [0.4, 0.5) is 0 Å². The van der Waals surface area contributed by atoms with E-state index < -0.39 is 35.9 Å². The van der Waals surface area contributed by atoms with E-state index in [1.165, 1.54) is 0 Å². The van der Waals surface area contributed by atoms with Gasteiger partial charge >= 0.3 is 5.97 Å². The highest BCUT2D eigenvalue weighted by Crippen LogP contribution is 2.33. The molecule has 78 valence electrons. The fraction of sp³-hybridized carbons (Fsp3) is 0.750. The van der Waals surface area contributed by atoms with Gasteiger partial charge in [-0.2, -0.15) is 0 Å². The second-order valence-electron chi connectivity index (χ2n) is 3.85. The number of ether oxygens (including phenoxy) is 2. The number of aliphatic carboxylic acids is 1. The number of carboxylic acid groups (broad SMARTS) is 1. The molecule has 0 aromatic carbocycles. The molecule has 2 saturated heterocycles. The third-order valence-electron chi connectivity index (χ3n) is 2.28. The minimum absolute atomic E-state index is 0.423. The highest BCUT2D eigenvalue weighted by Gasteiger charge is 2.56. The van der Waals surface area contributed by atoms with Gasteiger partial charge in [-0.15, -0.1) is 0 Å². The molecule has 2 rings (SSSR count). The summed E-state index contributed by atoms with van der Waals surface area (Å²) in [6.45, 7) is 3.30. The first kappa shape index (κ1) is 9.42. The molecule has 6 nitrogen and oxygen atoms in total. The largest absolute Gasteiger partial charge is 0.480 e. The minimum Gasteiger partial charge on any atom is -0.480 e. The van der Waals surface area contributed by atoms with Crippen molar-refractivity contribution in [2.75, 3.05) is 0 Å². The lowest BCUT2D eigenvalue weighted by Crippen LogP contribution is -2.42. The Hall–Kier alpha value is -1.14. The fourth-order valence-electron chi connectivity index (χ4n) is 1.76. The molecule has 0 aliphatic carbocycles. The molecule has 2 heterocycles. The van der Waals surface area contributed by atoms with Gasteiger partial charge in [0.1, 0.15) is 6.10 Å². The van der Waals surface area contributed by atoms with E-state index in [4.69, 9.17) is 14.6 Å². The first-order valence-electron chi connectivity index (χ1n) is 4.29. The van der Waals surface area contributed by atoms with Crippen LogP contribution in [0.15, 0.2) is 0 Å². The first-order valence-corrected chi connectivity index (χ1v) is 4.29. The SMILES string of the molecule is CC1(C)OC2C(=O)N[C@H](C(=O)O)[C@@H]2O1. The average molecular weight is 201 g/mol. The van der Waals surface area contributed by atoms with Gasteiger partial charge in [0.25, 0.3) is 5.91 Å². The van der Waals surface area contributed by atoms with E-state index in [0.717, 1.165) is 0 Å². The van der Waals surface area contributed by atoms with E-state index in [1.54, 1.807) is 13.8 Å². The second kappa shape index (κ2) is 2.68. The molecule has 1 amide bonds. The van der Waals surface area contributed by atoms with Crippen LogP contribution >= 0.6 is 0 Å². The lowest BCUT2D eigenvalue weighted by molar-refractivity contribution is -0.167. The predicted octanol–water partition coefficient (Wildman–Crippen LogP) is -0.910. The molecule has 1 unspecified atom stereocenters. The Labute approximate surface area is 80.2 Å². The van der Waals surface area contributed by atoms with Crippen LogP contribution in [0.1, 0.15) is 13.8 Å². The molecule has 0 spiro atoms. The number of rotatable bonds is 1. The number of carboxylic acids is 1. The van der Waals surface area contributed by atoms with Gasteiger partial charge in [-0.05, 0) is 13.8 Å². The number of hydrogen-bond acceptors (Lipinski definition) is 4. The molecule has 0 radical (unpaired) electrons. The Bertz CT molecular complexity index is 300. The van der Waals surface area contributed by atoms with E-state index in [0.29, 0.717) is 0 Å². The highest BCUT2D eigenvalue weighted by atomic mass is 16.8. The smallest absolute Gasteiger partial charge is 0.329 e. The first-order chi connectivity index (χ1) is 6.41. The van der Waals surface area contributed by atoms with Crippen LogP contribution < -0.4 is 5.32 Å². The Morgan fingerprint density at radius 1 is 1.50 bits per heavy atom. The monoisotopic (exact) mass is 201 g/mol. The molecule has 0 saturated carbocycles. The van der Waals surface area contributed by atoms with Crippen molar-refractivity contribution in [3.05, 3.63) is 0 Å². The molecule has 14 heavy (non-hydrogen) atoms. The molecule has 6 heteroatoms. The molecular formula is C8H11NO5. The zero-order valence-electron chi connectivity index (χ0n) is 7.81. The van der Waals surface area contributed by atoms with Gasteiger partial charge in [0, 0.05) is 0 Å². The maximum Gasteiger partial charge on any atom is 0.329 e. The lowest BCUT2D eigenvalue weighted by atomic mass is 10.1. The minimum atomic E-state index is -1.10. The predicted molar refractivity (Wildman–Crippen MR) is 43.4 cm³/mol. The van der Waals surface area contributed by atoms with E-state index in [-0.39, 0.29) is 0 Å². The number of carbonyl (C=O) groups is 2. The van der Waals surface area contributed by atoms with Crippen molar-refractivity contribution in [2.45, 2.75) is 37.9 Å². The van der Waals surface area contributed by atoms with Crippen molar-refractivity contribution < 1.29 is 24.2 Å². The number of carbonyl (C=O) groups excluding carboxylic acids is 1. The van der Waals surface area contributed by atoms with Crippen molar-refractivity contribution in [3.8, 4) is 0 Å². The topological polar surface area (TPSA) is 84.9 Å². The molecule has 2 aliphatic rings. The van der Waals surface area contributed by atoms with E-state index in [2.05, 4.69) is 5.32 Å². The third-order valence-corrected chi connectivity index (χ3v) is 2.28. The standard InChI is InChI=1S/C8H11NO5/c1-8(2)13-4-3(7(11)12)9-6(10)5(4)14-8/h3-5H,1-2H3,(H,9,10)(H,11,12)/t3-,4-,5?/m0/s1. The van der Waals surface area contributed by atoms with E-state index in [9.17, 15) is 9.59 Å². The lowest BCUT2D eigenvalue weighted by Gasteiger charge is -2.19. The van der Waals surface area contributed by atoms with Crippen LogP contribution in [0, 0.1) is 0 Å². The highest BCUT2D eigenvalue weighted by molar-refractivity contribution is 5.92. The van der Waals surface area contributed by atoms with Crippen molar-refractivity contribution in [1.29, 1.82) is 0 Å². The van der Waals surface area contributed by atoms with Gasteiger partial charge in [0.2, 0.25) is 0 Å². The zero-order chi connectivity index (χ0) is 10.5. The van der Waals surface area contributed by atoms with Crippen LogP contribution in [0.3, 0.4) is 0 Å². The molecule has 0 aromatic rings. The fourth-order valence-corrected chi connectivity index (χ4v) is 1.76. The third kappa shape index (κ3) is 1.27. The molecule has 2 fully saturated rings. The average Bonchev–Trinajstić information content (AvgIpc) is 2.47. The summed E-state index contributed by atoms with van der Waals surface area (Å²) in [7, 11) is 0. The summed E-state index contributed by atoms with van der Waals surface area (Å²) in [6.07, 6.45) is -1.53. The van der Waals surface area contributed by atoms with Crippen LogP contribution in [-0.4, -0.2) is 41.0 Å². The summed E-state index contributed by atoms with van der Waals surface area (Å²) in [6, 6.07) is -1.01. The van der Waals surface area contributed by atoms with Gasteiger partial charge in [-0.25, -0.2) is 4.79 Å². The van der Waals surface area contributed by atoms with Crippen molar-refractivity contribution in [1.82, 2.24) is 5.32 Å². The van der Waals surface area contributed by atoms with Gasteiger partial charge < -0.3 is 19.9 Å². The Kier molecular flexibility index (Phi) is 1.80. The van der Waals surface area contributed by atoms with Gasteiger partial charge in [-0.3, -0.25) is 4.79 Å². The van der Waals surface area contributed by atoms with Crippen molar-refractivity contribution in [2.24, 2.45) is 0 Å². The summed E-state index contributed by atoms with van der Waals surface area (Å²) in [5.41, 5.74) is 0. The molecule has 0 bridgehead atoms. The van der Waals surface area contributed by atoms with Crippen LogP contribution in [0.2, 0.25) is 0 Å². The molecule has 2 aliphatic heterocycles. The van der Waals surface area contributed by atoms with Gasteiger partial charge in [0.05, 0.1) is 0 Å². The Balaban J connectivity index is 2.23. The van der Waals surface area contributed by atoms with E-state index in [1.807, 2.05) is 0 Å². The maximum absolute atomic E-state index is 11.3. The molecular weight excluding hydrogens is 190 g/mol. The summed E-state index contributed by atoms with van der Waals surface area (Å²) in [4.78, 5) is 22.0. The van der Waals surface area contributed by atoms with Crippen LogP contribution in [0.5, 0.6) is 0 Å². The number of hydrogen-bond donors (Lipinski definition) is 2. The Morgan fingerprint density at radius 2 is 2.14 bits per heavy atom. The molecule has 3 atom stereocenters. The number of fused-ring (bicyclic) bond motifs is 1. The summed E-state index contributed by atoms with van der Waals surface area (Å²) < 4.78 is 10.6. The molecule has 2 N–H and O–H groups in total. The Morgan fingerprint density at radius 3 is 2.71 bits per heavy atom. The van der Waals surface area contributed by atoms with E-state index >= 15 is 0 Å².